The number of fused-ring (bicyclic) bond motifs is 1. The van der Waals surface area contributed by atoms with E-state index in [0.29, 0.717) is 5.25 Å². The second-order valence-electron chi connectivity index (χ2n) is 4.38. The molecular weight excluding hydrogens is 218 g/mol. The van der Waals surface area contributed by atoms with Gasteiger partial charge in [0.15, 0.2) is 0 Å². The fraction of sp³-hybridized carbons (Fsp3) is 0.385. The van der Waals surface area contributed by atoms with Gasteiger partial charge in [-0.2, -0.15) is 0 Å². The van der Waals surface area contributed by atoms with Gasteiger partial charge in [-0.25, -0.2) is 0 Å². The van der Waals surface area contributed by atoms with Crippen LogP contribution in [0.2, 0.25) is 0 Å². The van der Waals surface area contributed by atoms with E-state index in [9.17, 15) is 5.11 Å². The highest BCUT2D eigenvalue weighted by atomic mass is 32.2. The zero-order valence-corrected chi connectivity index (χ0v) is 9.83. The molecular formula is C13H15NOS. The van der Waals surface area contributed by atoms with Crippen LogP contribution >= 0.6 is 11.8 Å². The lowest BCUT2D eigenvalue weighted by Crippen LogP contribution is -2.14. The van der Waals surface area contributed by atoms with Gasteiger partial charge >= 0.3 is 0 Å². The van der Waals surface area contributed by atoms with E-state index in [1.54, 1.807) is 11.8 Å². The molecule has 3 heteroatoms. The number of hydrogen-bond acceptors (Lipinski definition) is 2. The lowest BCUT2D eigenvalue weighted by Gasteiger charge is -2.11. The van der Waals surface area contributed by atoms with Gasteiger partial charge in [0.1, 0.15) is 0 Å². The van der Waals surface area contributed by atoms with Crippen LogP contribution < -0.4 is 0 Å². The molecule has 0 radical (unpaired) electrons. The van der Waals surface area contributed by atoms with Gasteiger partial charge in [0.2, 0.25) is 0 Å². The topological polar surface area (TPSA) is 36.0 Å². The largest absolute Gasteiger partial charge is 0.392 e. The maximum atomic E-state index is 9.79. The Balaban J connectivity index is 1.83. The van der Waals surface area contributed by atoms with E-state index in [-0.39, 0.29) is 6.10 Å². The predicted octanol–water partition coefficient (Wildman–Crippen LogP) is 3.17. The van der Waals surface area contributed by atoms with Gasteiger partial charge in [0.25, 0.3) is 0 Å². The summed E-state index contributed by atoms with van der Waals surface area (Å²) in [6.45, 7) is 0. The number of hydrogen-bond donors (Lipinski definition) is 2. The molecule has 3 rings (SSSR count). The molecule has 84 valence electrons. The van der Waals surface area contributed by atoms with E-state index in [0.717, 1.165) is 19.3 Å². The summed E-state index contributed by atoms with van der Waals surface area (Å²) in [6, 6.07) is 10.5. The Hall–Kier alpha value is -0.930. The normalized spacial score (nSPS) is 25.3. The van der Waals surface area contributed by atoms with Crippen molar-refractivity contribution in [1.29, 1.82) is 0 Å². The summed E-state index contributed by atoms with van der Waals surface area (Å²) in [7, 11) is 0. The van der Waals surface area contributed by atoms with Crippen molar-refractivity contribution >= 4 is 22.7 Å². The number of aliphatic hydroxyl groups is 1. The molecule has 2 unspecified atom stereocenters. The first-order valence-corrected chi connectivity index (χ1v) is 6.63. The van der Waals surface area contributed by atoms with Crippen molar-refractivity contribution in [3.05, 3.63) is 30.3 Å². The molecule has 1 aliphatic carbocycles. The number of H-pyrrole nitrogens is 1. The van der Waals surface area contributed by atoms with Gasteiger partial charge in [-0.15, -0.1) is 11.8 Å². The van der Waals surface area contributed by atoms with Gasteiger partial charge in [-0.05, 0) is 31.4 Å². The Morgan fingerprint density at radius 1 is 1.25 bits per heavy atom. The Morgan fingerprint density at radius 2 is 2.12 bits per heavy atom. The monoisotopic (exact) mass is 233 g/mol. The van der Waals surface area contributed by atoms with Crippen LogP contribution in [-0.2, 0) is 0 Å². The van der Waals surface area contributed by atoms with Crippen molar-refractivity contribution < 1.29 is 5.11 Å². The summed E-state index contributed by atoms with van der Waals surface area (Å²) < 4.78 is 0. The van der Waals surface area contributed by atoms with Crippen LogP contribution in [0.3, 0.4) is 0 Å². The minimum atomic E-state index is -0.128. The number of thioether (sulfide) groups is 1. The minimum Gasteiger partial charge on any atom is -0.392 e. The lowest BCUT2D eigenvalue weighted by molar-refractivity contribution is 0.188. The summed E-state index contributed by atoms with van der Waals surface area (Å²) >= 11 is 1.78. The number of benzene rings is 1. The molecule has 0 amide bonds. The maximum Gasteiger partial charge on any atom is 0.0736 e. The number of aliphatic hydroxyl groups excluding tert-OH is 1. The highest BCUT2D eigenvalue weighted by molar-refractivity contribution is 7.99. The van der Waals surface area contributed by atoms with Crippen LogP contribution in [0.1, 0.15) is 19.3 Å². The first-order chi connectivity index (χ1) is 7.83. The quantitative estimate of drug-likeness (QED) is 0.835. The number of nitrogens with one attached hydrogen (secondary N) is 1. The molecule has 1 saturated carbocycles. The summed E-state index contributed by atoms with van der Waals surface area (Å²) in [6.07, 6.45) is 3.11. The first-order valence-electron chi connectivity index (χ1n) is 5.75. The van der Waals surface area contributed by atoms with Crippen molar-refractivity contribution in [3.63, 3.8) is 0 Å². The Labute approximate surface area is 99.1 Å². The standard InChI is InChI=1S/C13H15NOS/c15-11-6-3-7-12(11)16-13-8-9-4-1-2-5-10(9)14-13/h1-2,4-5,8,11-12,14-15H,3,6-7H2. The molecule has 0 saturated heterocycles. The van der Waals surface area contributed by atoms with Crippen molar-refractivity contribution in [2.24, 2.45) is 0 Å². The summed E-state index contributed by atoms with van der Waals surface area (Å²) in [5.74, 6) is 0. The van der Waals surface area contributed by atoms with Crippen LogP contribution in [0.15, 0.2) is 35.4 Å². The molecule has 2 atom stereocenters. The SMILES string of the molecule is OC1CCCC1Sc1cc2ccccc2[nH]1. The van der Waals surface area contributed by atoms with E-state index in [1.807, 2.05) is 6.07 Å². The van der Waals surface area contributed by atoms with Gasteiger partial charge in [0.05, 0.1) is 11.1 Å². The Kier molecular flexibility index (Phi) is 2.65. The second kappa shape index (κ2) is 4.15. The average Bonchev–Trinajstić information content (AvgIpc) is 2.85. The number of rotatable bonds is 2. The molecule has 2 nitrogen and oxygen atoms in total. The van der Waals surface area contributed by atoms with Gasteiger partial charge in [-0.1, -0.05) is 18.2 Å². The Morgan fingerprint density at radius 3 is 2.88 bits per heavy atom. The molecule has 2 aromatic rings. The average molecular weight is 233 g/mol. The maximum absolute atomic E-state index is 9.79. The molecule has 16 heavy (non-hydrogen) atoms. The number of aromatic nitrogens is 1. The number of aromatic amines is 1. The third-order valence-corrected chi connectivity index (χ3v) is 4.53. The third-order valence-electron chi connectivity index (χ3n) is 3.20. The molecule has 0 aliphatic heterocycles. The fourth-order valence-electron chi connectivity index (χ4n) is 2.32. The third kappa shape index (κ3) is 1.85. The van der Waals surface area contributed by atoms with E-state index in [1.165, 1.54) is 15.9 Å². The molecule has 0 bridgehead atoms. The lowest BCUT2D eigenvalue weighted by atomic mass is 10.3. The first kappa shape index (κ1) is 10.2. The zero-order chi connectivity index (χ0) is 11.0. The van der Waals surface area contributed by atoms with Crippen molar-refractivity contribution in [2.45, 2.75) is 35.6 Å². The minimum absolute atomic E-state index is 0.128. The number of para-hydroxylation sites is 1. The van der Waals surface area contributed by atoms with Crippen molar-refractivity contribution in [1.82, 2.24) is 4.98 Å². The fourth-order valence-corrected chi connectivity index (χ4v) is 3.58. The predicted molar refractivity (Wildman–Crippen MR) is 67.8 cm³/mol. The van der Waals surface area contributed by atoms with E-state index in [4.69, 9.17) is 0 Å². The van der Waals surface area contributed by atoms with Crippen LogP contribution in [0, 0.1) is 0 Å². The van der Waals surface area contributed by atoms with E-state index < -0.39 is 0 Å². The smallest absolute Gasteiger partial charge is 0.0736 e. The summed E-state index contributed by atoms with van der Waals surface area (Å²) in [5.41, 5.74) is 1.18. The van der Waals surface area contributed by atoms with Crippen LogP contribution in [0.25, 0.3) is 10.9 Å². The molecule has 1 aromatic carbocycles. The summed E-state index contributed by atoms with van der Waals surface area (Å²) in [5, 5.41) is 12.6. The highest BCUT2D eigenvalue weighted by Gasteiger charge is 2.26. The van der Waals surface area contributed by atoms with Crippen LogP contribution in [0.4, 0.5) is 0 Å². The van der Waals surface area contributed by atoms with Crippen LogP contribution in [-0.4, -0.2) is 21.4 Å². The Bertz CT molecular complexity index is 460. The van der Waals surface area contributed by atoms with Crippen molar-refractivity contribution in [2.75, 3.05) is 0 Å². The van der Waals surface area contributed by atoms with Crippen molar-refractivity contribution in [3.8, 4) is 0 Å². The summed E-state index contributed by atoms with van der Waals surface area (Å²) in [4.78, 5) is 3.39. The zero-order valence-electron chi connectivity index (χ0n) is 9.02. The van der Waals surface area contributed by atoms with Gasteiger partial charge < -0.3 is 10.1 Å². The van der Waals surface area contributed by atoms with E-state index in [2.05, 4.69) is 29.2 Å². The highest BCUT2D eigenvalue weighted by Crippen LogP contribution is 2.35. The molecule has 1 aliphatic rings. The van der Waals surface area contributed by atoms with Gasteiger partial charge in [0, 0.05) is 16.2 Å². The molecule has 1 fully saturated rings. The molecule has 0 spiro atoms. The molecule has 2 N–H and O–H groups in total. The van der Waals surface area contributed by atoms with E-state index >= 15 is 0 Å². The second-order valence-corrected chi connectivity index (χ2v) is 5.66. The molecule has 1 aromatic heterocycles. The van der Waals surface area contributed by atoms with Gasteiger partial charge in [-0.3, -0.25) is 0 Å². The van der Waals surface area contributed by atoms with Crippen LogP contribution in [0.5, 0.6) is 0 Å². The molecule has 1 heterocycles.